The summed E-state index contributed by atoms with van der Waals surface area (Å²) in [5, 5.41) is 23.6. The number of aliphatic hydroxyl groups excluding tert-OH is 1. The van der Waals surface area contributed by atoms with E-state index in [1.807, 2.05) is 55.5 Å². The molecular formula is C30H35ClN6O3. The second-order valence-corrected chi connectivity index (χ2v) is 10.6. The maximum atomic E-state index is 12.0. The average molecular weight is 563 g/mol. The molecule has 0 amide bonds. The first kappa shape index (κ1) is 28.1. The minimum Gasteiger partial charge on any atom is -0.383 e. The van der Waals surface area contributed by atoms with Gasteiger partial charge in [-0.1, -0.05) is 41.9 Å². The highest BCUT2D eigenvalue weighted by atomic mass is 35.5. The van der Waals surface area contributed by atoms with E-state index in [1.165, 1.54) is 10.6 Å². The largest absolute Gasteiger partial charge is 0.383 e. The molecule has 3 unspecified atom stereocenters. The van der Waals surface area contributed by atoms with Crippen molar-refractivity contribution in [2.75, 3.05) is 38.7 Å². The number of ether oxygens (including phenoxy) is 1. The van der Waals surface area contributed by atoms with Crippen LogP contribution in [0.15, 0.2) is 77.7 Å². The molecule has 1 saturated heterocycles. The molecule has 2 aromatic carbocycles. The number of benzene rings is 2. The predicted molar refractivity (Wildman–Crippen MR) is 158 cm³/mol. The van der Waals surface area contributed by atoms with Crippen molar-refractivity contribution in [1.82, 2.24) is 24.6 Å². The maximum absolute atomic E-state index is 12.0. The monoisotopic (exact) mass is 562 g/mol. The first-order valence-corrected chi connectivity index (χ1v) is 13.7. The van der Waals surface area contributed by atoms with E-state index in [2.05, 4.69) is 21.6 Å². The molecule has 0 aliphatic carbocycles. The Bertz CT molecular complexity index is 1510. The second-order valence-electron chi connectivity index (χ2n) is 10.2. The van der Waals surface area contributed by atoms with E-state index in [0.717, 1.165) is 47.7 Å². The maximum Gasteiger partial charge on any atom is 0.250 e. The smallest absolute Gasteiger partial charge is 0.250 e. The molecule has 1 aliphatic rings. The number of nitrogens with one attached hydrogen (secondary N) is 2. The molecule has 2 aromatic heterocycles. The lowest BCUT2D eigenvalue weighted by Gasteiger charge is -2.25. The van der Waals surface area contributed by atoms with E-state index in [1.54, 1.807) is 31.1 Å². The summed E-state index contributed by atoms with van der Waals surface area (Å²) in [6.45, 7) is 4.97. The molecule has 0 saturated carbocycles. The van der Waals surface area contributed by atoms with Gasteiger partial charge in [0.25, 0.3) is 0 Å². The molecular weight excluding hydrogens is 528 g/mol. The molecule has 0 bridgehead atoms. The van der Waals surface area contributed by atoms with E-state index in [-0.39, 0.29) is 17.5 Å². The van der Waals surface area contributed by atoms with Crippen LogP contribution in [0, 0.1) is 6.92 Å². The zero-order valence-corrected chi connectivity index (χ0v) is 23.7. The van der Waals surface area contributed by atoms with E-state index < -0.39 is 6.35 Å². The van der Waals surface area contributed by atoms with Crippen LogP contribution in [-0.2, 0) is 11.8 Å². The molecule has 5 rings (SSSR count). The second kappa shape index (κ2) is 12.4. The normalized spacial score (nSPS) is 18.2. The van der Waals surface area contributed by atoms with Gasteiger partial charge in [0.1, 0.15) is 5.82 Å². The summed E-state index contributed by atoms with van der Waals surface area (Å²) in [5.41, 5.74) is 4.26. The SMILES string of the molecule is COCCN1CC(NC(O)Nc2c(C)c(-c3ccc(=O)n(C)c3)nn2-c2ccccc2)C(c2cccc(Cl)c2)C1. The Morgan fingerprint density at radius 3 is 2.65 bits per heavy atom. The molecule has 1 fully saturated rings. The van der Waals surface area contributed by atoms with Crippen LogP contribution in [0.1, 0.15) is 17.0 Å². The number of aliphatic hydroxyl groups is 1. The highest BCUT2D eigenvalue weighted by molar-refractivity contribution is 6.30. The Hall–Kier alpha value is -3.47. The number of hydrogen-bond acceptors (Lipinski definition) is 7. The van der Waals surface area contributed by atoms with E-state index in [0.29, 0.717) is 17.4 Å². The predicted octanol–water partition coefficient (Wildman–Crippen LogP) is 3.59. The summed E-state index contributed by atoms with van der Waals surface area (Å²) in [6.07, 6.45) is 0.716. The lowest BCUT2D eigenvalue weighted by Crippen LogP contribution is -2.46. The lowest BCUT2D eigenvalue weighted by atomic mass is 9.94. The number of nitrogens with zero attached hydrogens (tertiary/aromatic N) is 4. The van der Waals surface area contributed by atoms with Crippen molar-refractivity contribution in [3.63, 3.8) is 0 Å². The van der Waals surface area contributed by atoms with Crippen LogP contribution in [0.4, 0.5) is 5.82 Å². The van der Waals surface area contributed by atoms with Gasteiger partial charge in [-0.15, -0.1) is 0 Å². The zero-order chi connectivity index (χ0) is 28.2. The number of aryl methyl sites for hydroxylation is 1. The van der Waals surface area contributed by atoms with E-state index in [9.17, 15) is 9.90 Å². The third kappa shape index (κ3) is 6.14. The molecule has 4 aromatic rings. The fourth-order valence-corrected chi connectivity index (χ4v) is 5.53. The Kier molecular flexibility index (Phi) is 8.68. The summed E-state index contributed by atoms with van der Waals surface area (Å²) in [5.74, 6) is 0.789. The molecule has 40 heavy (non-hydrogen) atoms. The number of methoxy groups -OCH3 is 1. The van der Waals surface area contributed by atoms with Gasteiger partial charge in [0.15, 0.2) is 6.35 Å². The van der Waals surface area contributed by atoms with Crippen LogP contribution < -0.4 is 16.2 Å². The van der Waals surface area contributed by atoms with Crippen molar-refractivity contribution >= 4 is 17.4 Å². The third-order valence-corrected chi connectivity index (χ3v) is 7.65. The number of para-hydroxylation sites is 1. The summed E-state index contributed by atoms with van der Waals surface area (Å²) in [6, 6.07) is 20.9. The summed E-state index contributed by atoms with van der Waals surface area (Å²) < 4.78 is 8.63. The average Bonchev–Trinajstić information content (AvgIpc) is 3.50. The van der Waals surface area contributed by atoms with Gasteiger partial charge >= 0.3 is 0 Å². The molecule has 3 heterocycles. The number of anilines is 1. The summed E-state index contributed by atoms with van der Waals surface area (Å²) >= 11 is 6.32. The highest BCUT2D eigenvalue weighted by Crippen LogP contribution is 2.32. The minimum atomic E-state index is -1.06. The Labute approximate surface area is 239 Å². The first-order valence-electron chi connectivity index (χ1n) is 13.3. The standard InChI is InChI=1S/C30H35ClN6O3/c1-20-28(22-12-13-27(38)35(2)17-22)34-37(24-10-5-4-6-11-24)29(20)33-30(39)32-26-19-36(14-15-40-3)18-25(26)21-8-7-9-23(31)16-21/h4-13,16-17,25-26,30,32-33,39H,14-15,18-19H2,1-3H3. The van der Waals surface area contributed by atoms with Gasteiger partial charge in [-0.3, -0.25) is 15.0 Å². The first-order chi connectivity index (χ1) is 19.3. The van der Waals surface area contributed by atoms with Crippen molar-refractivity contribution in [1.29, 1.82) is 0 Å². The van der Waals surface area contributed by atoms with Crippen LogP contribution in [-0.4, -0.2) is 70.1 Å². The highest BCUT2D eigenvalue weighted by Gasteiger charge is 2.35. The molecule has 9 nitrogen and oxygen atoms in total. The van der Waals surface area contributed by atoms with E-state index in [4.69, 9.17) is 21.4 Å². The summed E-state index contributed by atoms with van der Waals surface area (Å²) in [7, 11) is 3.42. The molecule has 3 atom stereocenters. The van der Waals surface area contributed by atoms with Gasteiger partial charge < -0.3 is 19.7 Å². The Balaban J connectivity index is 1.43. The number of hydrogen-bond donors (Lipinski definition) is 3. The van der Waals surface area contributed by atoms with E-state index >= 15 is 0 Å². The molecule has 0 radical (unpaired) electrons. The van der Waals surface area contributed by atoms with Gasteiger partial charge in [0.05, 0.1) is 18.0 Å². The minimum absolute atomic E-state index is 0.0330. The molecule has 0 spiro atoms. The topological polar surface area (TPSA) is 96.6 Å². The lowest BCUT2D eigenvalue weighted by molar-refractivity contribution is 0.139. The van der Waals surface area contributed by atoms with Crippen LogP contribution >= 0.6 is 11.6 Å². The number of aromatic nitrogens is 3. The van der Waals surface area contributed by atoms with Gasteiger partial charge in [-0.05, 0) is 42.8 Å². The third-order valence-electron chi connectivity index (χ3n) is 7.41. The number of likely N-dealkylation sites (tertiary alicyclic amines) is 1. The van der Waals surface area contributed by atoms with Crippen molar-refractivity contribution in [3.8, 4) is 16.9 Å². The molecule has 210 valence electrons. The number of rotatable bonds is 10. The van der Waals surface area contributed by atoms with Crippen molar-refractivity contribution in [3.05, 3.63) is 99.4 Å². The number of halogens is 1. The number of pyridine rings is 1. The zero-order valence-electron chi connectivity index (χ0n) is 22.9. The van der Waals surface area contributed by atoms with Crippen molar-refractivity contribution < 1.29 is 9.84 Å². The van der Waals surface area contributed by atoms with Crippen LogP contribution in [0.5, 0.6) is 0 Å². The molecule has 3 N–H and O–H groups in total. The van der Waals surface area contributed by atoms with Crippen LogP contribution in [0.2, 0.25) is 5.02 Å². The van der Waals surface area contributed by atoms with Crippen LogP contribution in [0.3, 0.4) is 0 Å². The van der Waals surface area contributed by atoms with Crippen LogP contribution in [0.25, 0.3) is 16.9 Å². The molecule has 10 heteroatoms. The quantitative estimate of drug-likeness (QED) is 0.254. The fraction of sp³-hybridized carbons (Fsp3) is 0.333. The fourth-order valence-electron chi connectivity index (χ4n) is 5.34. The van der Waals surface area contributed by atoms with Gasteiger partial charge in [-0.25, -0.2) is 4.68 Å². The molecule has 1 aliphatic heterocycles. The van der Waals surface area contributed by atoms with Gasteiger partial charge in [0.2, 0.25) is 5.56 Å². The van der Waals surface area contributed by atoms with Gasteiger partial charge in [-0.2, -0.15) is 5.10 Å². The van der Waals surface area contributed by atoms with Crippen molar-refractivity contribution in [2.24, 2.45) is 7.05 Å². The Morgan fingerprint density at radius 2 is 1.93 bits per heavy atom. The Morgan fingerprint density at radius 1 is 1.12 bits per heavy atom. The van der Waals surface area contributed by atoms with Gasteiger partial charge in [0, 0.05) is 74.2 Å². The summed E-state index contributed by atoms with van der Waals surface area (Å²) in [4.78, 5) is 14.3. The van der Waals surface area contributed by atoms with Crippen molar-refractivity contribution in [2.45, 2.75) is 25.2 Å².